The minimum Gasteiger partial charge on any atom is -0.479 e. The standard InChI is InChI=1S/C10H15NO6/c1-5(2)9(3)6(12)11(17-4)10(9,7(13)14)8(15)16/h5H,1-4H3,(H,13,14)(H,15,16). The monoisotopic (exact) mass is 245 g/mol. The number of hydroxylamine groups is 2. The molecule has 0 saturated carbocycles. The molecule has 7 heteroatoms. The lowest BCUT2D eigenvalue weighted by atomic mass is 9.56. The number of carboxylic acid groups (broad SMARTS) is 2. The summed E-state index contributed by atoms with van der Waals surface area (Å²) in [5.41, 5.74) is -3.90. The molecular formula is C10H15NO6. The molecule has 1 heterocycles. The van der Waals surface area contributed by atoms with Gasteiger partial charge in [-0.05, 0) is 12.8 Å². The first-order valence-electron chi connectivity index (χ1n) is 5.04. The summed E-state index contributed by atoms with van der Waals surface area (Å²) in [5, 5.41) is 18.8. The summed E-state index contributed by atoms with van der Waals surface area (Å²) < 4.78 is 0. The van der Waals surface area contributed by atoms with Crippen molar-refractivity contribution in [2.45, 2.75) is 26.3 Å². The Morgan fingerprint density at radius 3 is 1.94 bits per heavy atom. The number of nitrogens with zero attached hydrogens (tertiary/aromatic N) is 1. The normalized spacial score (nSPS) is 26.9. The lowest BCUT2D eigenvalue weighted by Gasteiger charge is -2.58. The Bertz CT molecular complexity index is 376. The Morgan fingerprint density at radius 2 is 1.71 bits per heavy atom. The summed E-state index contributed by atoms with van der Waals surface area (Å²) in [4.78, 5) is 39.1. The molecule has 1 saturated heterocycles. The van der Waals surface area contributed by atoms with Crippen molar-refractivity contribution in [3.63, 3.8) is 0 Å². The fraction of sp³-hybridized carbons (Fsp3) is 0.700. The lowest BCUT2D eigenvalue weighted by molar-refractivity contribution is -0.289. The molecule has 0 bridgehead atoms. The highest BCUT2D eigenvalue weighted by Crippen LogP contribution is 2.53. The Hall–Kier alpha value is -1.63. The van der Waals surface area contributed by atoms with E-state index >= 15 is 0 Å². The van der Waals surface area contributed by atoms with Gasteiger partial charge in [-0.1, -0.05) is 13.8 Å². The Morgan fingerprint density at radius 1 is 1.29 bits per heavy atom. The van der Waals surface area contributed by atoms with Crippen LogP contribution in [0.2, 0.25) is 0 Å². The molecular weight excluding hydrogens is 230 g/mol. The van der Waals surface area contributed by atoms with Crippen LogP contribution in [-0.4, -0.2) is 45.8 Å². The molecule has 1 rings (SSSR count). The Labute approximate surface area is 97.9 Å². The summed E-state index contributed by atoms with van der Waals surface area (Å²) >= 11 is 0. The average Bonchev–Trinajstić information content (AvgIpc) is 2.21. The summed E-state index contributed by atoms with van der Waals surface area (Å²) in [6, 6.07) is 0. The molecule has 1 aliphatic heterocycles. The number of carboxylic acids is 2. The van der Waals surface area contributed by atoms with E-state index in [0.29, 0.717) is 5.06 Å². The van der Waals surface area contributed by atoms with Crippen LogP contribution < -0.4 is 0 Å². The second-order valence-corrected chi connectivity index (χ2v) is 4.46. The summed E-state index contributed by atoms with van der Waals surface area (Å²) in [6.45, 7) is 4.54. The fourth-order valence-electron chi connectivity index (χ4n) is 2.27. The van der Waals surface area contributed by atoms with E-state index in [0.717, 1.165) is 7.11 Å². The van der Waals surface area contributed by atoms with Crippen LogP contribution in [0.4, 0.5) is 0 Å². The van der Waals surface area contributed by atoms with E-state index in [9.17, 15) is 24.6 Å². The highest BCUT2D eigenvalue weighted by Gasteiger charge is 2.80. The molecule has 1 aliphatic rings. The Kier molecular flexibility index (Phi) is 2.92. The van der Waals surface area contributed by atoms with Gasteiger partial charge < -0.3 is 10.2 Å². The molecule has 1 fully saturated rings. The van der Waals surface area contributed by atoms with E-state index in [2.05, 4.69) is 4.84 Å². The number of hydrogen-bond acceptors (Lipinski definition) is 4. The van der Waals surface area contributed by atoms with Gasteiger partial charge in [0.2, 0.25) is 0 Å². The van der Waals surface area contributed by atoms with Gasteiger partial charge in [-0.3, -0.25) is 9.63 Å². The van der Waals surface area contributed by atoms with Crippen molar-refractivity contribution < 1.29 is 29.4 Å². The molecule has 0 aliphatic carbocycles. The largest absolute Gasteiger partial charge is 0.479 e. The van der Waals surface area contributed by atoms with E-state index < -0.39 is 34.7 Å². The van der Waals surface area contributed by atoms with Crippen LogP contribution >= 0.6 is 0 Å². The molecule has 0 aromatic heterocycles. The van der Waals surface area contributed by atoms with Crippen LogP contribution in [0.25, 0.3) is 0 Å². The van der Waals surface area contributed by atoms with Crippen molar-refractivity contribution in [1.29, 1.82) is 0 Å². The quantitative estimate of drug-likeness (QED) is 0.532. The first-order chi connectivity index (χ1) is 7.68. The third-order valence-electron chi connectivity index (χ3n) is 3.64. The molecule has 96 valence electrons. The first-order valence-corrected chi connectivity index (χ1v) is 5.04. The van der Waals surface area contributed by atoms with Crippen molar-refractivity contribution in [1.82, 2.24) is 5.06 Å². The number of aliphatic carboxylic acids is 2. The summed E-state index contributed by atoms with van der Waals surface area (Å²) in [6.07, 6.45) is 0. The van der Waals surface area contributed by atoms with Crippen LogP contribution in [0.1, 0.15) is 20.8 Å². The first kappa shape index (κ1) is 13.4. The predicted octanol–water partition coefficient (Wildman–Crippen LogP) is -0.0397. The van der Waals surface area contributed by atoms with Crippen molar-refractivity contribution in [2.75, 3.05) is 7.11 Å². The van der Waals surface area contributed by atoms with Gasteiger partial charge in [-0.25, -0.2) is 9.59 Å². The van der Waals surface area contributed by atoms with E-state index in [1.54, 1.807) is 13.8 Å². The number of carbonyl (C=O) groups excluding carboxylic acids is 1. The molecule has 7 nitrogen and oxygen atoms in total. The van der Waals surface area contributed by atoms with Crippen LogP contribution in [0.15, 0.2) is 0 Å². The third-order valence-corrected chi connectivity index (χ3v) is 3.64. The molecule has 0 aromatic carbocycles. The number of hydrogen-bond donors (Lipinski definition) is 2. The molecule has 17 heavy (non-hydrogen) atoms. The Balaban J connectivity index is 3.47. The molecule has 0 radical (unpaired) electrons. The van der Waals surface area contributed by atoms with E-state index in [1.165, 1.54) is 6.92 Å². The van der Waals surface area contributed by atoms with Crippen LogP contribution in [0, 0.1) is 11.3 Å². The van der Waals surface area contributed by atoms with Gasteiger partial charge in [-0.15, -0.1) is 0 Å². The van der Waals surface area contributed by atoms with Gasteiger partial charge >= 0.3 is 11.9 Å². The SMILES string of the molecule is CON1C(=O)C(C)(C(C)C)C1(C(=O)O)C(=O)O. The molecule has 0 spiro atoms. The molecule has 1 unspecified atom stereocenters. The van der Waals surface area contributed by atoms with Gasteiger partial charge in [0.25, 0.3) is 11.4 Å². The maximum Gasteiger partial charge on any atom is 0.345 e. The zero-order valence-electron chi connectivity index (χ0n) is 10.1. The summed E-state index contributed by atoms with van der Waals surface area (Å²) in [5.74, 6) is -4.31. The van der Waals surface area contributed by atoms with E-state index in [-0.39, 0.29) is 0 Å². The second-order valence-electron chi connectivity index (χ2n) is 4.46. The highest BCUT2D eigenvalue weighted by atomic mass is 16.7. The van der Waals surface area contributed by atoms with Gasteiger partial charge in [0, 0.05) is 0 Å². The molecule has 1 amide bonds. The molecule has 2 N–H and O–H groups in total. The highest BCUT2D eigenvalue weighted by molar-refractivity contribution is 6.17. The second kappa shape index (κ2) is 3.69. The number of carbonyl (C=O) groups is 3. The van der Waals surface area contributed by atoms with E-state index in [4.69, 9.17) is 0 Å². The summed E-state index contributed by atoms with van der Waals surface area (Å²) in [7, 11) is 1.07. The maximum atomic E-state index is 11.9. The zero-order valence-corrected chi connectivity index (χ0v) is 10.1. The van der Waals surface area contributed by atoms with Crippen molar-refractivity contribution in [3.05, 3.63) is 0 Å². The van der Waals surface area contributed by atoms with Gasteiger partial charge in [0.15, 0.2) is 0 Å². The van der Waals surface area contributed by atoms with E-state index in [1.807, 2.05) is 0 Å². The van der Waals surface area contributed by atoms with Crippen LogP contribution in [0.5, 0.6) is 0 Å². The average molecular weight is 245 g/mol. The smallest absolute Gasteiger partial charge is 0.345 e. The predicted molar refractivity (Wildman–Crippen MR) is 54.8 cm³/mol. The number of β-lactam (4-membered cyclic amide) rings is 1. The fourth-order valence-corrected chi connectivity index (χ4v) is 2.27. The van der Waals surface area contributed by atoms with Crippen molar-refractivity contribution in [2.24, 2.45) is 11.3 Å². The minimum atomic E-state index is -2.37. The topological polar surface area (TPSA) is 104 Å². The van der Waals surface area contributed by atoms with Gasteiger partial charge in [0.1, 0.15) is 0 Å². The number of amides is 1. The van der Waals surface area contributed by atoms with Gasteiger partial charge in [-0.2, -0.15) is 5.06 Å². The molecule has 1 atom stereocenters. The van der Waals surface area contributed by atoms with Crippen molar-refractivity contribution in [3.8, 4) is 0 Å². The minimum absolute atomic E-state index is 0.414. The zero-order chi connectivity index (χ0) is 13.6. The van der Waals surface area contributed by atoms with Crippen LogP contribution in [0.3, 0.4) is 0 Å². The number of rotatable bonds is 4. The van der Waals surface area contributed by atoms with Crippen LogP contribution in [-0.2, 0) is 19.2 Å². The lowest BCUT2D eigenvalue weighted by Crippen LogP contribution is -2.84. The van der Waals surface area contributed by atoms with Crippen molar-refractivity contribution >= 4 is 17.8 Å². The molecule has 0 aromatic rings. The third kappa shape index (κ3) is 1.17. The van der Waals surface area contributed by atoms with Gasteiger partial charge in [0.05, 0.1) is 12.5 Å². The maximum absolute atomic E-state index is 11.9.